The zero-order chi connectivity index (χ0) is 4.71. The molecule has 38 valence electrons. The molecule has 0 aromatic carbocycles. The van der Waals surface area contributed by atoms with Crippen molar-refractivity contribution in [3.63, 3.8) is 0 Å². The third-order valence-corrected chi connectivity index (χ3v) is 0. The van der Waals surface area contributed by atoms with Crippen LogP contribution >= 0.6 is 12.4 Å². The topological polar surface area (TPSA) is 34.1 Å². The molecule has 0 radical (unpaired) electrons. The van der Waals surface area contributed by atoms with Crippen LogP contribution in [0.15, 0.2) is 0 Å². The van der Waals surface area contributed by atoms with Gasteiger partial charge in [0.2, 0.25) is 0 Å². The van der Waals surface area contributed by atoms with Crippen molar-refractivity contribution >= 4 is 18.6 Å². The smallest absolute Gasteiger partial charge is 0.255 e. The molecule has 0 aliphatic carbocycles. The zero-order valence-corrected chi connectivity index (χ0v) is 3.92. The number of halogens is 2. The lowest BCUT2D eigenvalue weighted by Crippen LogP contribution is -1.22. The highest BCUT2D eigenvalue weighted by Crippen LogP contribution is 1.16. The highest BCUT2D eigenvalue weighted by molar-refractivity contribution is 5.85. The normalized spacial score (nSPS) is 2.33. The lowest BCUT2D eigenvalue weighted by molar-refractivity contribution is -0.191. The number of hydrogen-bond acceptors (Lipinski definition) is 2. The van der Waals surface area contributed by atoms with Crippen LogP contribution in [0.3, 0.4) is 0 Å². The predicted octanol–water partition coefficient (Wildman–Crippen LogP) is 0.424. The molecule has 0 bridgehead atoms. The van der Waals surface area contributed by atoms with E-state index in [1.165, 1.54) is 0 Å². The first-order valence-corrected chi connectivity index (χ1v) is 0.786. The van der Waals surface area contributed by atoms with E-state index >= 15 is 0 Å². The van der Waals surface area contributed by atoms with Gasteiger partial charge in [0.05, 0.1) is 7.18 Å². The summed E-state index contributed by atoms with van der Waals surface area (Å²) in [5, 5.41) is 0. The number of alkyl halides is 1. The molecule has 0 amide bonds. The molecule has 0 aromatic heterocycles. The summed E-state index contributed by atoms with van der Waals surface area (Å²) < 4.78 is 9.50. The summed E-state index contributed by atoms with van der Waals surface area (Å²) in [7, 11) is 0.500. The number of hydrogen-bond donors (Lipinski definition) is 0. The van der Waals surface area contributed by atoms with E-state index < -0.39 is 0 Å². The molecule has 0 N–H and O–H groups in total. The van der Waals surface area contributed by atoms with Gasteiger partial charge in [0.1, 0.15) is 0 Å². The Hall–Kier alpha value is -0.400. The highest BCUT2D eigenvalue weighted by Gasteiger charge is 1.13. The maximum absolute atomic E-state index is 9.50. The van der Waals surface area contributed by atoms with Crippen molar-refractivity contribution in [2.24, 2.45) is 0 Å². The SMILES string of the molecule is CF.Cl.O=C=O. The summed E-state index contributed by atoms with van der Waals surface area (Å²) in [5.41, 5.74) is 0. The van der Waals surface area contributed by atoms with Gasteiger partial charge in [0.25, 0.3) is 0 Å². The minimum Gasteiger partial charge on any atom is -0.255 e. The van der Waals surface area contributed by atoms with Crippen LogP contribution in [0.25, 0.3) is 0 Å². The molecule has 0 saturated carbocycles. The molecule has 2 nitrogen and oxygen atoms in total. The van der Waals surface area contributed by atoms with Crippen LogP contribution in [0.1, 0.15) is 0 Å². The van der Waals surface area contributed by atoms with Gasteiger partial charge in [0, 0.05) is 0 Å². The van der Waals surface area contributed by atoms with E-state index in [-0.39, 0.29) is 18.6 Å². The van der Waals surface area contributed by atoms with Crippen LogP contribution in [0.4, 0.5) is 4.39 Å². The van der Waals surface area contributed by atoms with E-state index in [9.17, 15) is 4.39 Å². The summed E-state index contributed by atoms with van der Waals surface area (Å²) in [6, 6.07) is 0. The molecule has 0 aliphatic heterocycles. The van der Waals surface area contributed by atoms with E-state index in [1.807, 2.05) is 0 Å². The highest BCUT2D eigenvalue weighted by atomic mass is 35.5. The van der Waals surface area contributed by atoms with Gasteiger partial charge in [-0.05, 0) is 0 Å². The molecular weight excluding hydrogens is 110 g/mol. The molecule has 0 unspecified atom stereocenters. The molecule has 6 heavy (non-hydrogen) atoms. The fourth-order valence-corrected chi connectivity index (χ4v) is 0. The molecule has 0 aromatic rings. The molecule has 0 fully saturated rings. The number of rotatable bonds is 0. The van der Waals surface area contributed by atoms with Gasteiger partial charge in [-0.1, -0.05) is 0 Å². The third kappa shape index (κ3) is 152. The van der Waals surface area contributed by atoms with Crippen LogP contribution in [0.2, 0.25) is 0 Å². The Labute approximate surface area is 40.8 Å². The second-order valence-corrected chi connectivity index (χ2v) is 0.0833. The minimum atomic E-state index is 0. The quantitative estimate of drug-likeness (QED) is 0.458. The number of carbonyl (C=O) groups excluding carboxylic acids is 2. The second kappa shape index (κ2) is 166. The van der Waals surface area contributed by atoms with E-state index in [4.69, 9.17) is 9.59 Å². The summed E-state index contributed by atoms with van der Waals surface area (Å²) in [5.74, 6) is 0. The summed E-state index contributed by atoms with van der Waals surface area (Å²) in [6.07, 6.45) is 0.250. The molecule has 4 heteroatoms. The Morgan fingerprint density at radius 2 is 1.33 bits per heavy atom. The molecule has 0 rings (SSSR count). The first-order chi connectivity index (χ1) is 2.41. The third-order valence-electron chi connectivity index (χ3n) is 0. The second-order valence-electron chi connectivity index (χ2n) is 0.0833. The van der Waals surface area contributed by atoms with Crippen molar-refractivity contribution in [3.8, 4) is 0 Å². The van der Waals surface area contributed by atoms with Gasteiger partial charge in [-0.25, -0.2) is 0 Å². The van der Waals surface area contributed by atoms with E-state index in [2.05, 4.69) is 0 Å². The van der Waals surface area contributed by atoms with Crippen LogP contribution in [0.5, 0.6) is 0 Å². The van der Waals surface area contributed by atoms with E-state index in [0.29, 0.717) is 7.18 Å². The Morgan fingerprint density at radius 1 is 1.33 bits per heavy atom. The Morgan fingerprint density at radius 3 is 1.33 bits per heavy atom. The zero-order valence-electron chi connectivity index (χ0n) is 3.10. The van der Waals surface area contributed by atoms with Gasteiger partial charge in [0.15, 0.2) is 0 Å². The fraction of sp³-hybridized carbons (Fsp3) is 0.500. The van der Waals surface area contributed by atoms with Crippen molar-refractivity contribution in [2.75, 3.05) is 7.18 Å². The largest absolute Gasteiger partial charge is 0.373 e. The van der Waals surface area contributed by atoms with Gasteiger partial charge in [-0.3, -0.25) is 4.39 Å². The van der Waals surface area contributed by atoms with Crippen molar-refractivity contribution in [1.82, 2.24) is 0 Å². The van der Waals surface area contributed by atoms with Crippen LogP contribution in [0, 0.1) is 0 Å². The van der Waals surface area contributed by atoms with Gasteiger partial charge < -0.3 is 0 Å². The molecule has 0 heterocycles. The Bertz CT molecular complexity index is 32.5. The first-order valence-electron chi connectivity index (χ1n) is 0.786. The van der Waals surface area contributed by atoms with Crippen LogP contribution in [-0.2, 0) is 9.59 Å². The van der Waals surface area contributed by atoms with Gasteiger partial charge in [-0.2, -0.15) is 9.59 Å². The van der Waals surface area contributed by atoms with Gasteiger partial charge in [-0.15, -0.1) is 12.4 Å². The van der Waals surface area contributed by atoms with Crippen molar-refractivity contribution in [3.05, 3.63) is 0 Å². The lowest BCUT2D eigenvalue weighted by Gasteiger charge is -1.10. The van der Waals surface area contributed by atoms with Gasteiger partial charge >= 0.3 is 6.15 Å². The lowest BCUT2D eigenvalue weighted by atomic mass is 11.8. The standard InChI is InChI=1S/CH3F.CO2.ClH/c1-2;2-1-3;/h1H3;;1H. The molecular formula is C2H4ClFO2. The average molecular weight is 115 g/mol. The van der Waals surface area contributed by atoms with Crippen molar-refractivity contribution in [1.29, 1.82) is 0 Å². The Balaban J connectivity index is -0.0000000275. The van der Waals surface area contributed by atoms with E-state index in [1.54, 1.807) is 0 Å². The molecule has 0 aliphatic rings. The summed E-state index contributed by atoms with van der Waals surface area (Å²) in [4.78, 5) is 16.2. The fourth-order valence-electron chi connectivity index (χ4n) is 0. The first kappa shape index (κ1) is 17.5. The summed E-state index contributed by atoms with van der Waals surface area (Å²) >= 11 is 0. The molecule has 0 saturated heterocycles. The average Bonchev–Trinajstić information content (AvgIpc) is 1.46. The Kier molecular flexibility index (Phi) is 484. The van der Waals surface area contributed by atoms with Crippen molar-refractivity contribution < 1.29 is 14.0 Å². The maximum atomic E-state index is 9.50. The molecule has 0 spiro atoms. The predicted molar refractivity (Wildman–Crippen MR) is 19.3 cm³/mol. The summed E-state index contributed by atoms with van der Waals surface area (Å²) in [6.45, 7) is 0. The maximum Gasteiger partial charge on any atom is 0.373 e. The monoisotopic (exact) mass is 114 g/mol. The van der Waals surface area contributed by atoms with Crippen LogP contribution < -0.4 is 0 Å². The van der Waals surface area contributed by atoms with Crippen molar-refractivity contribution in [2.45, 2.75) is 0 Å². The molecule has 0 atom stereocenters. The van der Waals surface area contributed by atoms with Crippen LogP contribution in [-0.4, -0.2) is 13.3 Å². The van der Waals surface area contributed by atoms with E-state index in [0.717, 1.165) is 0 Å². The minimum absolute atomic E-state index is 0.